The lowest BCUT2D eigenvalue weighted by Gasteiger charge is -2.24. The first-order chi connectivity index (χ1) is 16.5. The van der Waals surface area contributed by atoms with E-state index in [1.165, 1.54) is 11.8 Å². The SMILES string of the molecule is CCc1ccccc1NC(=O)CSc1nnc(C2CCCN2C(=O)c2cccc(C)c2)n1CC. The number of hydrogen-bond donors (Lipinski definition) is 1. The van der Waals surface area contributed by atoms with Crippen LogP contribution in [0.15, 0.2) is 53.7 Å². The van der Waals surface area contributed by atoms with E-state index < -0.39 is 0 Å². The minimum Gasteiger partial charge on any atom is -0.328 e. The zero-order valence-electron chi connectivity index (χ0n) is 20.0. The minimum atomic E-state index is -0.111. The number of carbonyl (C=O) groups excluding carboxylic acids is 2. The van der Waals surface area contributed by atoms with Crippen LogP contribution in [0.4, 0.5) is 5.69 Å². The first-order valence-corrected chi connectivity index (χ1v) is 12.8. The third kappa shape index (κ3) is 5.17. The fraction of sp³-hybridized carbons (Fsp3) is 0.385. The highest BCUT2D eigenvalue weighted by atomic mass is 32.2. The van der Waals surface area contributed by atoms with Gasteiger partial charge < -0.3 is 14.8 Å². The molecule has 1 saturated heterocycles. The number of carbonyl (C=O) groups is 2. The average molecular weight is 478 g/mol. The van der Waals surface area contributed by atoms with Gasteiger partial charge in [-0.25, -0.2) is 0 Å². The fourth-order valence-electron chi connectivity index (χ4n) is 4.44. The van der Waals surface area contributed by atoms with E-state index in [2.05, 4.69) is 22.4 Å². The number of aromatic nitrogens is 3. The summed E-state index contributed by atoms with van der Waals surface area (Å²) in [6.07, 6.45) is 2.64. The van der Waals surface area contributed by atoms with Crippen molar-refractivity contribution in [3.63, 3.8) is 0 Å². The third-order valence-electron chi connectivity index (χ3n) is 6.14. The summed E-state index contributed by atoms with van der Waals surface area (Å²) in [4.78, 5) is 27.8. The Balaban J connectivity index is 1.46. The molecule has 1 aliphatic heterocycles. The summed E-state index contributed by atoms with van der Waals surface area (Å²) in [7, 11) is 0. The summed E-state index contributed by atoms with van der Waals surface area (Å²) < 4.78 is 2.03. The normalized spacial score (nSPS) is 15.5. The van der Waals surface area contributed by atoms with Crippen LogP contribution in [-0.2, 0) is 17.8 Å². The summed E-state index contributed by atoms with van der Waals surface area (Å²) >= 11 is 1.37. The van der Waals surface area contributed by atoms with Gasteiger partial charge in [0.25, 0.3) is 5.91 Å². The lowest BCUT2D eigenvalue weighted by molar-refractivity contribution is -0.113. The summed E-state index contributed by atoms with van der Waals surface area (Å²) in [6, 6.07) is 15.4. The molecule has 0 bridgehead atoms. The van der Waals surface area contributed by atoms with Crippen molar-refractivity contribution in [1.82, 2.24) is 19.7 Å². The van der Waals surface area contributed by atoms with E-state index in [4.69, 9.17) is 0 Å². The smallest absolute Gasteiger partial charge is 0.254 e. The Morgan fingerprint density at radius 3 is 2.71 bits per heavy atom. The Morgan fingerprint density at radius 1 is 1.12 bits per heavy atom. The van der Waals surface area contributed by atoms with Crippen LogP contribution in [0.1, 0.15) is 60.0 Å². The number of thioether (sulfide) groups is 1. The van der Waals surface area contributed by atoms with E-state index in [9.17, 15) is 9.59 Å². The zero-order chi connectivity index (χ0) is 24.1. The number of nitrogens with one attached hydrogen (secondary N) is 1. The van der Waals surface area contributed by atoms with E-state index >= 15 is 0 Å². The number of anilines is 1. The second kappa shape index (κ2) is 10.9. The molecular weight excluding hydrogens is 446 g/mol. The highest BCUT2D eigenvalue weighted by molar-refractivity contribution is 7.99. The van der Waals surface area contributed by atoms with Gasteiger partial charge in [0.05, 0.1) is 11.8 Å². The Hall–Kier alpha value is -3.13. The van der Waals surface area contributed by atoms with Gasteiger partial charge in [-0.15, -0.1) is 10.2 Å². The predicted octanol–water partition coefficient (Wildman–Crippen LogP) is 4.88. The molecule has 0 radical (unpaired) electrons. The standard InChI is InChI=1S/C26H31N5O2S/c1-4-19-11-6-7-13-21(19)27-23(32)17-34-26-29-28-24(30(26)5-2)22-14-9-15-31(22)25(33)20-12-8-10-18(3)16-20/h6-8,10-13,16,22H,4-5,9,14-15,17H2,1-3H3,(H,27,32). The van der Waals surface area contributed by atoms with Gasteiger partial charge in [-0.2, -0.15) is 0 Å². The molecule has 2 aromatic carbocycles. The van der Waals surface area contributed by atoms with Crippen LogP contribution >= 0.6 is 11.8 Å². The molecule has 8 heteroatoms. The van der Waals surface area contributed by atoms with Gasteiger partial charge in [-0.1, -0.05) is 54.6 Å². The zero-order valence-corrected chi connectivity index (χ0v) is 20.8. The van der Waals surface area contributed by atoms with Gasteiger partial charge in [0.1, 0.15) is 0 Å². The van der Waals surface area contributed by atoms with Crippen molar-refractivity contribution in [1.29, 1.82) is 0 Å². The lowest BCUT2D eigenvalue weighted by atomic mass is 10.1. The molecule has 2 amide bonds. The monoisotopic (exact) mass is 477 g/mol. The van der Waals surface area contributed by atoms with Crippen molar-refractivity contribution >= 4 is 29.3 Å². The number of hydrogen-bond acceptors (Lipinski definition) is 5. The molecule has 1 N–H and O–H groups in total. The van der Waals surface area contributed by atoms with Gasteiger partial charge in [0.15, 0.2) is 11.0 Å². The second-order valence-electron chi connectivity index (χ2n) is 8.46. The Kier molecular flexibility index (Phi) is 7.67. The van der Waals surface area contributed by atoms with Crippen molar-refractivity contribution in [2.45, 2.75) is 57.8 Å². The van der Waals surface area contributed by atoms with Crippen molar-refractivity contribution in [3.05, 3.63) is 71.0 Å². The maximum absolute atomic E-state index is 13.2. The highest BCUT2D eigenvalue weighted by Crippen LogP contribution is 2.34. The van der Waals surface area contributed by atoms with Crippen LogP contribution in [0.2, 0.25) is 0 Å². The molecule has 7 nitrogen and oxygen atoms in total. The molecule has 0 aliphatic carbocycles. The lowest BCUT2D eigenvalue weighted by Crippen LogP contribution is -2.32. The molecule has 4 rings (SSSR count). The Labute approximate surface area is 205 Å². The Bertz CT molecular complexity index is 1180. The highest BCUT2D eigenvalue weighted by Gasteiger charge is 2.34. The van der Waals surface area contributed by atoms with Gasteiger partial charge >= 0.3 is 0 Å². The minimum absolute atomic E-state index is 0.0278. The first kappa shape index (κ1) is 24.0. The van der Waals surface area contributed by atoms with Gasteiger partial charge in [-0.3, -0.25) is 9.59 Å². The van der Waals surface area contributed by atoms with Crippen LogP contribution in [0.3, 0.4) is 0 Å². The number of likely N-dealkylation sites (tertiary alicyclic amines) is 1. The molecule has 1 aromatic heterocycles. The number of nitrogens with zero attached hydrogens (tertiary/aromatic N) is 4. The molecule has 1 fully saturated rings. The van der Waals surface area contributed by atoms with E-state index in [1.807, 2.05) is 71.8 Å². The molecule has 34 heavy (non-hydrogen) atoms. The summed E-state index contributed by atoms with van der Waals surface area (Å²) in [6.45, 7) is 7.48. The van der Waals surface area contributed by atoms with E-state index in [0.717, 1.165) is 41.9 Å². The largest absolute Gasteiger partial charge is 0.328 e. The van der Waals surface area contributed by atoms with Gasteiger partial charge in [0.2, 0.25) is 5.91 Å². The number of amides is 2. The third-order valence-corrected chi connectivity index (χ3v) is 7.11. The summed E-state index contributed by atoms with van der Waals surface area (Å²) in [5.74, 6) is 0.989. The van der Waals surface area contributed by atoms with Crippen LogP contribution in [0.25, 0.3) is 0 Å². The predicted molar refractivity (Wildman–Crippen MR) is 135 cm³/mol. The molecule has 1 atom stereocenters. The van der Waals surface area contributed by atoms with Crippen molar-refractivity contribution in [2.24, 2.45) is 0 Å². The maximum Gasteiger partial charge on any atom is 0.254 e. The molecule has 0 spiro atoms. The van der Waals surface area contributed by atoms with Crippen LogP contribution in [0.5, 0.6) is 0 Å². The second-order valence-corrected chi connectivity index (χ2v) is 9.40. The Morgan fingerprint density at radius 2 is 1.94 bits per heavy atom. The quantitative estimate of drug-likeness (QED) is 0.468. The van der Waals surface area contributed by atoms with Crippen LogP contribution in [0, 0.1) is 6.92 Å². The van der Waals surface area contributed by atoms with Crippen molar-refractivity contribution < 1.29 is 9.59 Å². The van der Waals surface area contributed by atoms with Crippen molar-refractivity contribution in [2.75, 3.05) is 17.6 Å². The molecule has 1 aliphatic rings. The molecule has 2 heterocycles. The maximum atomic E-state index is 13.2. The van der Waals surface area contributed by atoms with Crippen molar-refractivity contribution in [3.8, 4) is 0 Å². The van der Waals surface area contributed by atoms with E-state index in [-0.39, 0.29) is 23.6 Å². The summed E-state index contributed by atoms with van der Waals surface area (Å²) in [5, 5.41) is 12.6. The topological polar surface area (TPSA) is 80.1 Å². The summed E-state index contributed by atoms with van der Waals surface area (Å²) in [5.41, 5.74) is 3.73. The number of benzene rings is 2. The number of aryl methyl sites for hydroxylation is 2. The van der Waals surface area contributed by atoms with Gasteiger partial charge in [-0.05, 0) is 56.9 Å². The molecule has 178 valence electrons. The number of rotatable bonds is 8. The first-order valence-electron chi connectivity index (χ1n) is 11.8. The van der Waals surface area contributed by atoms with E-state index in [1.54, 1.807) is 0 Å². The number of para-hydroxylation sites is 1. The molecular formula is C26H31N5O2S. The average Bonchev–Trinajstić information content (AvgIpc) is 3.49. The molecule has 3 aromatic rings. The van der Waals surface area contributed by atoms with Crippen LogP contribution in [-0.4, -0.2) is 43.8 Å². The van der Waals surface area contributed by atoms with E-state index in [0.29, 0.717) is 23.8 Å². The molecule has 1 unspecified atom stereocenters. The molecule has 0 saturated carbocycles. The fourth-order valence-corrected chi connectivity index (χ4v) is 5.25. The van der Waals surface area contributed by atoms with Crippen LogP contribution < -0.4 is 5.32 Å². The van der Waals surface area contributed by atoms with Gasteiger partial charge in [0, 0.05) is 24.3 Å².